The molecule has 1 N–H and O–H groups in total. The van der Waals surface area contributed by atoms with Crippen LogP contribution in [-0.4, -0.2) is 30.8 Å². The third kappa shape index (κ3) is 2.09. The summed E-state index contributed by atoms with van der Waals surface area (Å²) in [5.74, 6) is -1.56. The molecule has 0 unspecified atom stereocenters. The normalized spacial score (nSPS) is 10.1. The van der Waals surface area contributed by atoms with Crippen LogP contribution >= 0.6 is 0 Å². The summed E-state index contributed by atoms with van der Waals surface area (Å²) in [5.41, 5.74) is 0.447. The Hall–Kier alpha value is -2.77. The molecule has 0 aliphatic heterocycles. The van der Waals surface area contributed by atoms with Crippen molar-refractivity contribution < 1.29 is 14.8 Å². The minimum Gasteiger partial charge on any atom is -0.475 e. The molecule has 2 aromatic rings. The number of rotatable bonds is 3. The van der Waals surface area contributed by atoms with E-state index in [1.807, 2.05) is 0 Å². The number of hydrogen-bond acceptors (Lipinski definition) is 5. The van der Waals surface area contributed by atoms with Gasteiger partial charge in [-0.15, -0.1) is 5.10 Å². The standard InChI is InChI=1S/C9H6N4O4/c14-9(15)8-10-5-12(11-8)6-1-3-7(4-2-6)13(16)17/h1-5H,(H,14,15). The summed E-state index contributed by atoms with van der Waals surface area (Å²) < 4.78 is 1.23. The van der Waals surface area contributed by atoms with Gasteiger partial charge in [-0.2, -0.15) is 0 Å². The fraction of sp³-hybridized carbons (Fsp3) is 0. The lowest BCUT2D eigenvalue weighted by molar-refractivity contribution is -0.384. The molecule has 0 spiro atoms. The summed E-state index contributed by atoms with van der Waals surface area (Å²) in [6.45, 7) is 0. The van der Waals surface area contributed by atoms with Crippen LogP contribution in [0.1, 0.15) is 10.6 Å². The highest BCUT2D eigenvalue weighted by atomic mass is 16.6. The Morgan fingerprint density at radius 2 is 2.00 bits per heavy atom. The van der Waals surface area contributed by atoms with Crippen molar-refractivity contribution in [3.63, 3.8) is 0 Å². The number of nitro benzene ring substituents is 1. The highest BCUT2D eigenvalue weighted by Crippen LogP contribution is 2.14. The number of aromatic carboxylic acids is 1. The molecule has 8 heteroatoms. The molecule has 8 nitrogen and oxygen atoms in total. The van der Waals surface area contributed by atoms with E-state index in [0.717, 1.165) is 0 Å². The molecular formula is C9H6N4O4. The fourth-order valence-electron chi connectivity index (χ4n) is 1.21. The van der Waals surface area contributed by atoms with Crippen LogP contribution in [0.5, 0.6) is 0 Å². The third-order valence-electron chi connectivity index (χ3n) is 2.01. The average Bonchev–Trinajstić information content (AvgIpc) is 2.78. The average molecular weight is 234 g/mol. The molecule has 0 amide bonds. The molecule has 0 fully saturated rings. The van der Waals surface area contributed by atoms with Gasteiger partial charge in [0.1, 0.15) is 6.33 Å². The lowest BCUT2D eigenvalue weighted by atomic mass is 10.3. The number of non-ortho nitro benzene ring substituents is 1. The highest BCUT2D eigenvalue weighted by Gasteiger charge is 2.10. The second-order valence-electron chi connectivity index (χ2n) is 3.09. The maximum absolute atomic E-state index is 10.6. The van der Waals surface area contributed by atoms with Crippen molar-refractivity contribution >= 4 is 11.7 Å². The van der Waals surface area contributed by atoms with Gasteiger partial charge < -0.3 is 5.11 Å². The molecule has 17 heavy (non-hydrogen) atoms. The van der Waals surface area contributed by atoms with E-state index in [1.165, 1.54) is 35.3 Å². The van der Waals surface area contributed by atoms with E-state index in [-0.39, 0.29) is 11.5 Å². The molecule has 0 radical (unpaired) electrons. The molecule has 2 rings (SSSR count). The Morgan fingerprint density at radius 3 is 2.47 bits per heavy atom. The summed E-state index contributed by atoms with van der Waals surface area (Å²) >= 11 is 0. The van der Waals surface area contributed by atoms with Crippen molar-refractivity contribution in [3.05, 3.63) is 46.5 Å². The first-order valence-corrected chi connectivity index (χ1v) is 4.48. The molecule has 1 heterocycles. The van der Waals surface area contributed by atoms with Crippen LogP contribution in [-0.2, 0) is 0 Å². The predicted molar refractivity (Wildman–Crippen MR) is 55.0 cm³/mol. The maximum Gasteiger partial charge on any atom is 0.375 e. The number of carbonyl (C=O) groups is 1. The molecule has 1 aromatic heterocycles. The van der Waals surface area contributed by atoms with E-state index < -0.39 is 10.9 Å². The van der Waals surface area contributed by atoms with Gasteiger partial charge in [-0.3, -0.25) is 10.1 Å². The fourth-order valence-corrected chi connectivity index (χ4v) is 1.21. The van der Waals surface area contributed by atoms with Gasteiger partial charge in [0.05, 0.1) is 10.6 Å². The van der Waals surface area contributed by atoms with Crippen LogP contribution in [0.3, 0.4) is 0 Å². The van der Waals surface area contributed by atoms with Crippen LogP contribution < -0.4 is 0 Å². The van der Waals surface area contributed by atoms with Crippen molar-refractivity contribution in [1.29, 1.82) is 0 Å². The summed E-state index contributed by atoms with van der Waals surface area (Å²) in [7, 11) is 0. The van der Waals surface area contributed by atoms with Crippen LogP contribution in [0.25, 0.3) is 5.69 Å². The minimum absolute atomic E-state index is 0.0488. The zero-order valence-electron chi connectivity index (χ0n) is 8.35. The van der Waals surface area contributed by atoms with Crippen LogP contribution in [0.4, 0.5) is 5.69 Å². The van der Waals surface area contributed by atoms with Crippen LogP contribution in [0, 0.1) is 10.1 Å². The van der Waals surface area contributed by atoms with Crippen molar-refractivity contribution in [2.24, 2.45) is 0 Å². The first-order chi connectivity index (χ1) is 8.08. The van der Waals surface area contributed by atoms with E-state index in [9.17, 15) is 14.9 Å². The second-order valence-corrected chi connectivity index (χ2v) is 3.09. The number of carboxylic acids is 1. The number of nitrogens with zero attached hydrogens (tertiary/aromatic N) is 4. The van der Waals surface area contributed by atoms with Gasteiger partial charge in [0, 0.05) is 12.1 Å². The Labute approximate surface area is 94.3 Å². The molecule has 0 saturated carbocycles. The minimum atomic E-state index is -1.23. The van der Waals surface area contributed by atoms with E-state index in [0.29, 0.717) is 5.69 Å². The van der Waals surface area contributed by atoms with Gasteiger partial charge in [0.15, 0.2) is 0 Å². The third-order valence-corrected chi connectivity index (χ3v) is 2.01. The molecule has 0 atom stereocenters. The van der Waals surface area contributed by atoms with Gasteiger partial charge in [-0.1, -0.05) is 0 Å². The van der Waals surface area contributed by atoms with Crippen molar-refractivity contribution in [2.75, 3.05) is 0 Å². The van der Waals surface area contributed by atoms with Crippen molar-refractivity contribution in [1.82, 2.24) is 14.8 Å². The summed E-state index contributed by atoms with van der Waals surface area (Å²) in [5, 5.41) is 22.8. The molecule has 0 bridgehead atoms. The van der Waals surface area contributed by atoms with Crippen molar-refractivity contribution in [2.45, 2.75) is 0 Å². The molecule has 0 aliphatic carbocycles. The van der Waals surface area contributed by atoms with E-state index in [2.05, 4.69) is 10.1 Å². The molecule has 86 valence electrons. The van der Waals surface area contributed by atoms with Gasteiger partial charge in [-0.25, -0.2) is 14.5 Å². The van der Waals surface area contributed by atoms with Gasteiger partial charge in [0.2, 0.25) is 0 Å². The maximum atomic E-state index is 10.6. The Balaban J connectivity index is 2.33. The zero-order chi connectivity index (χ0) is 12.4. The van der Waals surface area contributed by atoms with E-state index in [1.54, 1.807) is 0 Å². The van der Waals surface area contributed by atoms with Crippen LogP contribution in [0.2, 0.25) is 0 Å². The van der Waals surface area contributed by atoms with Crippen molar-refractivity contribution in [3.8, 4) is 5.69 Å². The number of aromatic nitrogens is 3. The van der Waals surface area contributed by atoms with Gasteiger partial charge in [-0.05, 0) is 12.1 Å². The predicted octanol–water partition coefficient (Wildman–Crippen LogP) is 0.874. The van der Waals surface area contributed by atoms with E-state index in [4.69, 9.17) is 5.11 Å². The smallest absolute Gasteiger partial charge is 0.375 e. The Bertz CT molecular complexity index is 575. The largest absolute Gasteiger partial charge is 0.475 e. The molecule has 1 aromatic carbocycles. The molecule has 0 aliphatic rings. The van der Waals surface area contributed by atoms with E-state index >= 15 is 0 Å². The number of benzene rings is 1. The molecular weight excluding hydrogens is 228 g/mol. The summed E-state index contributed by atoms with van der Waals surface area (Å²) in [4.78, 5) is 24.0. The van der Waals surface area contributed by atoms with Gasteiger partial charge >= 0.3 is 5.97 Å². The number of nitro groups is 1. The zero-order valence-corrected chi connectivity index (χ0v) is 8.35. The lowest BCUT2D eigenvalue weighted by Gasteiger charge is -1.98. The first kappa shape index (κ1) is 10.7. The monoisotopic (exact) mass is 234 g/mol. The molecule has 0 saturated heterocycles. The van der Waals surface area contributed by atoms with Crippen LogP contribution in [0.15, 0.2) is 30.6 Å². The van der Waals surface area contributed by atoms with Gasteiger partial charge in [0.25, 0.3) is 11.5 Å². The lowest BCUT2D eigenvalue weighted by Crippen LogP contribution is -2.01. The second kappa shape index (κ2) is 4.00. The Morgan fingerprint density at radius 1 is 1.35 bits per heavy atom. The number of hydrogen-bond donors (Lipinski definition) is 1. The Kier molecular flexibility index (Phi) is 2.53. The first-order valence-electron chi connectivity index (χ1n) is 4.48. The topological polar surface area (TPSA) is 111 Å². The highest BCUT2D eigenvalue weighted by molar-refractivity contribution is 5.82. The SMILES string of the molecule is O=C(O)c1ncn(-c2ccc([N+](=O)[O-])cc2)n1. The summed E-state index contributed by atoms with van der Waals surface area (Å²) in [6, 6.07) is 5.52. The number of carboxylic acid groups (broad SMARTS) is 1. The quantitative estimate of drug-likeness (QED) is 0.623. The summed E-state index contributed by atoms with van der Waals surface area (Å²) in [6.07, 6.45) is 1.23.